The smallest absolute Gasteiger partial charge is 0.276 e. The van der Waals surface area contributed by atoms with E-state index in [1.807, 2.05) is 0 Å². The molecule has 5 aromatic rings. The number of phenolic OH excluding ortho intramolecular Hbond substituents is 2. The van der Waals surface area contributed by atoms with E-state index in [1.54, 1.807) is 0 Å². The lowest BCUT2D eigenvalue weighted by atomic mass is 9.95. The molecule has 55 heavy (non-hydrogen) atoms. The number of hydrazine groups is 1. The summed E-state index contributed by atoms with van der Waals surface area (Å²) in [6, 6.07) is 7.25. The Morgan fingerprint density at radius 2 is 1.38 bits per heavy atom. The maximum Gasteiger partial charge on any atom is 0.276 e. The van der Waals surface area contributed by atoms with Crippen molar-refractivity contribution in [2.75, 3.05) is 26.4 Å². The highest BCUT2D eigenvalue weighted by Crippen LogP contribution is 2.48. The summed E-state index contributed by atoms with van der Waals surface area (Å²) in [5, 5.41) is 117. The number of carbonyl (C=O) groups is 2. The quantitative estimate of drug-likeness (QED) is 0.0668. The average molecular weight is 771 g/mol. The van der Waals surface area contributed by atoms with Crippen LogP contribution in [0.2, 0.25) is 0 Å². The number of fused-ring (bicyclic) bond motifs is 10. The lowest BCUT2D eigenvalue weighted by Gasteiger charge is -2.46. The molecular formula is C35H38N4O16. The van der Waals surface area contributed by atoms with Gasteiger partial charge in [0.25, 0.3) is 11.8 Å². The Bertz CT molecular complexity index is 2320. The third kappa shape index (κ3) is 5.57. The number of aliphatic hydroxyl groups is 9. The molecule has 294 valence electrons. The summed E-state index contributed by atoms with van der Waals surface area (Å²) in [6.45, 7) is -2.90. The lowest BCUT2D eigenvalue weighted by molar-refractivity contribution is -0.346. The number of carbonyl (C=O) groups excluding carboxylic acids is 2. The van der Waals surface area contributed by atoms with Crippen LogP contribution >= 0.6 is 0 Å². The van der Waals surface area contributed by atoms with Gasteiger partial charge in [-0.1, -0.05) is 0 Å². The summed E-state index contributed by atoms with van der Waals surface area (Å²) in [7, 11) is 0. The van der Waals surface area contributed by atoms with Gasteiger partial charge in [-0.15, -0.1) is 0 Å². The second kappa shape index (κ2) is 13.9. The van der Waals surface area contributed by atoms with Crippen molar-refractivity contribution >= 4 is 55.4 Å². The fourth-order valence-electron chi connectivity index (χ4n) is 7.90. The first-order valence-electron chi connectivity index (χ1n) is 17.3. The van der Waals surface area contributed by atoms with Gasteiger partial charge >= 0.3 is 0 Å². The number of imide groups is 1. The minimum Gasteiger partial charge on any atom is -0.508 e. The van der Waals surface area contributed by atoms with Gasteiger partial charge in [0.15, 0.2) is 12.5 Å². The number of ether oxygens (including phenoxy) is 3. The molecule has 2 fully saturated rings. The zero-order valence-electron chi connectivity index (χ0n) is 28.5. The largest absolute Gasteiger partial charge is 0.508 e. The van der Waals surface area contributed by atoms with Crippen LogP contribution in [0.1, 0.15) is 26.9 Å². The van der Waals surface area contributed by atoms with Crippen molar-refractivity contribution in [2.45, 2.75) is 67.4 Å². The number of phenols is 2. The maximum absolute atomic E-state index is 14.3. The number of aromatic amines is 1. The second-order valence-corrected chi connectivity index (χ2v) is 13.8. The van der Waals surface area contributed by atoms with Crippen LogP contribution in [0.15, 0.2) is 36.4 Å². The number of hydrogen-bond donors (Lipinski definition) is 13. The molecule has 2 aromatic heterocycles. The molecule has 2 amide bonds. The van der Waals surface area contributed by atoms with Crippen LogP contribution in [-0.2, 0) is 14.2 Å². The number of hydrogen-bond acceptors (Lipinski definition) is 17. The molecule has 9 unspecified atom stereocenters. The number of rotatable bonds is 9. The fraction of sp³-hybridized carbons (Fsp3) is 0.429. The average Bonchev–Trinajstić information content (AvgIpc) is 3.78. The van der Waals surface area contributed by atoms with E-state index in [0.29, 0.717) is 15.9 Å². The van der Waals surface area contributed by atoms with Gasteiger partial charge in [-0.25, -0.2) is 10.4 Å². The zero-order valence-corrected chi connectivity index (χ0v) is 28.5. The number of aliphatic hydroxyl groups excluding tert-OH is 9. The Balaban J connectivity index is 1.33. The predicted molar refractivity (Wildman–Crippen MR) is 185 cm³/mol. The van der Waals surface area contributed by atoms with Gasteiger partial charge in [0, 0.05) is 33.7 Å². The molecule has 5 heterocycles. The van der Waals surface area contributed by atoms with E-state index in [2.05, 4.69) is 10.4 Å². The van der Waals surface area contributed by atoms with Crippen LogP contribution in [0.5, 0.6) is 11.5 Å². The van der Waals surface area contributed by atoms with E-state index in [0.717, 1.165) is 0 Å². The lowest BCUT2D eigenvalue weighted by Crippen LogP contribution is -2.63. The van der Waals surface area contributed by atoms with E-state index in [-0.39, 0.29) is 55.3 Å². The zero-order chi connectivity index (χ0) is 39.2. The Kier molecular flexibility index (Phi) is 9.45. The number of amides is 2. The van der Waals surface area contributed by atoms with Crippen molar-refractivity contribution in [1.29, 1.82) is 0 Å². The number of aromatic hydroxyl groups is 2. The highest BCUT2D eigenvalue weighted by atomic mass is 16.7. The standard InChI is InChI=1S/C35H38N4O16/c40-7-11(8-41)37-39-32(51)22-20-14-3-1-12(44)5-16(14)36-24(20)25-21(23(22)33(39)52)15-4-2-13(45)6-17(15)38(25)34-29(49)28(48)31(19(10-43)53-34)55-35-30(50)27(47)26(46)18(9-42)54-35/h1-6,11,18-19,26-31,34-37,40-50H,7-10H2/t18?,19?,26?,27?,28?,29?,30?,31?,34-,35?/m1/s1. The van der Waals surface area contributed by atoms with Gasteiger partial charge in [0.1, 0.15) is 60.3 Å². The third-order valence-corrected chi connectivity index (χ3v) is 10.6. The summed E-state index contributed by atoms with van der Waals surface area (Å²) >= 11 is 0. The van der Waals surface area contributed by atoms with Gasteiger partial charge in [0.2, 0.25) is 0 Å². The summed E-state index contributed by atoms with van der Waals surface area (Å²) in [5.74, 6) is -2.10. The van der Waals surface area contributed by atoms with E-state index in [1.165, 1.54) is 41.0 Å². The van der Waals surface area contributed by atoms with Gasteiger partial charge < -0.3 is 79.9 Å². The number of H-pyrrole nitrogens is 1. The van der Waals surface area contributed by atoms with Crippen LogP contribution in [0, 0.1) is 0 Å². The topological polar surface area (TPSA) is 320 Å². The molecule has 20 nitrogen and oxygen atoms in total. The van der Waals surface area contributed by atoms with Crippen molar-refractivity contribution in [1.82, 2.24) is 20.0 Å². The Hall–Kier alpha value is -4.52. The highest BCUT2D eigenvalue weighted by molar-refractivity contribution is 6.39. The van der Waals surface area contributed by atoms with Gasteiger partial charge in [-0.05, 0) is 24.3 Å². The molecule has 8 rings (SSSR count). The summed E-state index contributed by atoms with van der Waals surface area (Å²) in [5.41, 5.74) is 3.13. The first kappa shape index (κ1) is 37.4. The summed E-state index contributed by atoms with van der Waals surface area (Å²) in [6.07, 6.45) is -17.3. The molecule has 0 radical (unpaired) electrons. The molecular weight excluding hydrogens is 732 g/mol. The molecule has 0 spiro atoms. The molecule has 0 aliphatic carbocycles. The summed E-state index contributed by atoms with van der Waals surface area (Å²) in [4.78, 5) is 31.7. The normalized spacial score (nSPS) is 30.2. The molecule has 3 aliphatic rings. The van der Waals surface area contributed by atoms with Gasteiger partial charge in [-0.2, -0.15) is 0 Å². The molecule has 0 saturated carbocycles. The van der Waals surface area contributed by atoms with Crippen molar-refractivity contribution in [3.05, 3.63) is 47.5 Å². The van der Waals surface area contributed by atoms with Crippen LogP contribution in [-0.4, -0.2) is 170 Å². The molecule has 2 saturated heterocycles. The van der Waals surface area contributed by atoms with Crippen LogP contribution in [0.25, 0.3) is 43.6 Å². The first-order chi connectivity index (χ1) is 26.3. The van der Waals surface area contributed by atoms with Crippen LogP contribution in [0.4, 0.5) is 0 Å². The van der Waals surface area contributed by atoms with Crippen molar-refractivity contribution < 1.29 is 80.0 Å². The second-order valence-electron chi connectivity index (χ2n) is 13.8. The van der Waals surface area contributed by atoms with Crippen molar-refractivity contribution in [3.8, 4) is 11.5 Å². The Morgan fingerprint density at radius 1 is 0.745 bits per heavy atom. The van der Waals surface area contributed by atoms with E-state index < -0.39 is 106 Å². The predicted octanol–water partition coefficient (Wildman–Crippen LogP) is -2.91. The molecule has 3 aliphatic heterocycles. The summed E-state index contributed by atoms with van der Waals surface area (Å²) < 4.78 is 18.8. The molecule has 0 bridgehead atoms. The van der Waals surface area contributed by atoms with Crippen LogP contribution in [0.3, 0.4) is 0 Å². The van der Waals surface area contributed by atoms with E-state index in [9.17, 15) is 65.8 Å². The van der Waals surface area contributed by atoms with Gasteiger partial charge in [-0.3, -0.25) is 9.59 Å². The first-order valence-corrected chi connectivity index (χ1v) is 17.3. The Labute approximate surface area is 308 Å². The number of benzene rings is 3. The number of aromatic nitrogens is 2. The maximum atomic E-state index is 14.3. The number of nitrogens with one attached hydrogen (secondary N) is 2. The minimum absolute atomic E-state index is 0.0786. The highest BCUT2D eigenvalue weighted by Gasteiger charge is 2.52. The van der Waals surface area contributed by atoms with Crippen LogP contribution < -0.4 is 5.43 Å². The van der Waals surface area contributed by atoms with Crippen molar-refractivity contribution in [3.63, 3.8) is 0 Å². The molecule has 13 N–H and O–H groups in total. The number of nitrogens with zero attached hydrogens (tertiary/aromatic N) is 2. The molecule has 10 atom stereocenters. The minimum atomic E-state index is -1.94. The monoisotopic (exact) mass is 770 g/mol. The third-order valence-electron chi connectivity index (χ3n) is 10.6. The van der Waals surface area contributed by atoms with E-state index >= 15 is 0 Å². The molecule has 3 aromatic carbocycles. The fourth-order valence-corrected chi connectivity index (χ4v) is 7.90. The van der Waals surface area contributed by atoms with Crippen molar-refractivity contribution in [2.24, 2.45) is 0 Å². The Morgan fingerprint density at radius 3 is 2.04 bits per heavy atom. The van der Waals surface area contributed by atoms with E-state index in [4.69, 9.17) is 14.2 Å². The SMILES string of the molecule is O=C1c2c(c3c4ccc(O)cc4n([C@@H]4OC(CO)C(OC5OC(CO)C(O)C(O)C5O)C(O)C4O)c3c3[nH]c4cc(O)ccc4c23)C(=O)N1NC(CO)CO. The molecule has 20 heteroatoms. The van der Waals surface area contributed by atoms with Gasteiger partial charge in [0.05, 0.1) is 65.7 Å².